The van der Waals surface area contributed by atoms with Crippen molar-refractivity contribution in [1.29, 1.82) is 0 Å². The third kappa shape index (κ3) is 3.19. The third-order valence-electron chi connectivity index (χ3n) is 3.60. The van der Waals surface area contributed by atoms with E-state index in [1.165, 1.54) is 31.4 Å². The maximum absolute atomic E-state index is 12.8. The largest absolute Gasteiger partial charge is 0.394 e. The minimum absolute atomic E-state index is 0.0981. The summed E-state index contributed by atoms with van der Waals surface area (Å²) >= 11 is 0. The molecule has 0 amide bonds. The van der Waals surface area contributed by atoms with E-state index in [0.717, 1.165) is 18.0 Å². The van der Waals surface area contributed by atoms with E-state index in [-0.39, 0.29) is 18.0 Å². The van der Waals surface area contributed by atoms with Crippen LogP contribution in [0.15, 0.2) is 24.3 Å². The molecule has 1 aromatic carbocycles. The number of aliphatic hydroxyl groups is 1. The van der Waals surface area contributed by atoms with Crippen molar-refractivity contribution >= 4 is 5.69 Å². The van der Waals surface area contributed by atoms with Crippen molar-refractivity contribution in [2.75, 3.05) is 11.9 Å². The van der Waals surface area contributed by atoms with Crippen LogP contribution in [0.5, 0.6) is 0 Å². The van der Waals surface area contributed by atoms with Gasteiger partial charge in [0.05, 0.1) is 12.1 Å². The highest BCUT2D eigenvalue weighted by atomic mass is 19.1. The molecule has 3 heteroatoms. The molecular weight excluding hydrogens is 217 g/mol. The van der Waals surface area contributed by atoms with Gasteiger partial charge in [0.2, 0.25) is 0 Å². The van der Waals surface area contributed by atoms with Crippen molar-refractivity contribution < 1.29 is 9.50 Å². The number of nitrogens with one attached hydrogen (secondary N) is 1. The van der Waals surface area contributed by atoms with Crippen molar-refractivity contribution in [1.82, 2.24) is 0 Å². The molecule has 0 radical (unpaired) electrons. The molecule has 0 aliphatic heterocycles. The Morgan fingerprint density at radius 3 is 2.47 bits per heavy atom. The van der Waals surface area contributed by atoms with Crippen molar-refractivity contribution in [2.45, 2.75) is 38.1 Å². The van der Waals surface area contributed by atoms with E-state index in [1.807, 2.05) is 6.92 Å². The highest BCUT2D eigenvalue weighted by Gasteiger charge is 2.30. The van der Waals surface area contributed by atoms with Crippen LogP contribution in [-0.2, 0) is 0 Å². The number of rotatable bonds is 5. The summed E-state index contributed by atoms with van der Waals surface area (Å²) in [5.74, 6) is 0.486. The summed E-state index contributed by atoms with van der Waals surface area (Å²) in [6, 6.07) is 6.29. The molecule has 1 unspecified atom stereocenters. The zero-order chi connectivity index (χ0) is 12.3. The Balaban J connectivity index is 1.99. The normalized spacial score (nSPS) is 19.5. The van der Waals surface area contributed by atoms with Crippen LogP contribution in [0, 0.1) is 11.7 Å². The number of halogens is 1. The molecule has 2 nitrogen and oxygen atoms in total. The van der Waals surface area contributed by atoms with Crippen LogP contribution in [-0.4, -0.2) is 17.3 Å². The highest BCUT2D eigenvalue weighted by Crippen LogP contribution is 2.34. The first-order valence-corrected chi connectivity index (χ1v) is 6.26. The molecule has 0 saturated heterocycles. The molecule has 0 heterocycles. The Morgan fingerprint density at radius 1 is 1.35 bits per heavy atom. The van der Waals surface area contributed by atoms with E-state index in [0.29, 0.717) is 0 Å². The van der Waals surface area contributed by atoms with Gasteiger partial charge in [-0.15, -0.1) is 0 Å². The Kier molecular flexibility index (Phi) is 3.67. The summed E-state index contributed by atoms with van der Waals surface area (Å²) in [4.78, 5) is 0. The Labute approximate surface area is 102 Å². The molecule has 1 atom stereocenters. The van der Waals surface area contributed by atoms with Crippen molar-refractivity contribution in [3.8, 4) is 0 Å². The minimum Gasteiger partial charge on any atom is -0.394 e. The van der Waals surface area contributed by atoms with E-state index in [2.05, 4.69) is 5.32 Å². The van der Waals surface area contributed by atoms with Gasteiger partial charge in [-0.25, -0.2) is 4.39 Å². The van der Waals surface area contributed by atoms with Gasteiger partial charge in [0, 0.05) is 5.69 Å². The number of anilines is 1. The van der Waals surface area contributed by atoms with Gasteiger partial charge in [-0.3, -0.25) is 0 Å². The Hall–Kier alpha value is -1.09. The van der Waals surface area contributed by atoms with E-state index >= 15 is 0 Å². The smallest absolute Gasteiger partial charge is 0.123 e. The zero-order valence-corrected chi connectivity index (χ0v) is 10.2. The quantitative estimate of drug-likeness (QED) is 0.824. The average Bonchev–Trinajstić information content (AvgIpc) is 2.27. The van der Waals surface area contributed by atoms with Crippen molar-refractivity contribution in [3.05, 3.63) is 30.1 Å². The van der Waals surface area contributed by atoms with Gasteiger partial charge in [0.1, 0.15) is 5.82 Å². The lowest BCUT2D eigenvalue weighted by Crippen LogP contribution is -2.41. The molecule has 1 aliphatic carbocycles. The molecule has 0 bridgehead atoms. The van der Waals surface area contributed by atoms with E-state index < -0.39 is 0 Å². The highest BCUT2D eigenvalue weighted by molar-refractivity contribution is 5.45. The first kappa shape index (κ1) is 12.4. The van der Waals surface area contributed by atoms with Gasteiger partial charge in [-0.1, -0.05) is 19.3 Å². The summed E-state index contributed by atoms with van der Waals surface area (Å²) in [5.41, 5.74) is 0.561. The second-order valence-corrected chi connectivity index (χ2v) is 5.35. The summed E-state index contributed by atoms with van der Waals surface area (Å²) in [6.07, 6.45) is 4.81. The molecule has 94 valence electrons. The van der Waals surface area contributed by atoms with Crippen LogP contribution in [0.1, 0.15) is 32.6 Å². The van der Waals surface area contributed by atoms with Crippen LogP contribution in [0.2, 0.25) is 0 Å². The molecule has 1 saturated carbocycles. The van der Waals surface area contributed by atoms with Crippen molar-refractivity contribution in [2.24, 2.45) is 5.92 Å². The molecule has 0 spiro atoms. The predicted octanol–water partition coefficient (Wildman–Crippen LogP) is 3.18. The fraction of sp³-hybridized carbons (Fsp3) is 0.571. The molecule has 0 aromatic heterocycles. The second-order valence-electron chi connectivity index (χ2n) is 5.35. The zero-order valence-electron chi connectivity index (χ0n) is 10.2. The molecular formula is C14H20FNO. The third-order valence-corrected chi connectivity index (χ3v) is 3.60. The standard InChI is InChI=1S/C14H20FNO/c1-14(10-17,9-11-3-2-4-11)16-13-7-5-12(15)6-8-13/h5-8,11,16-17H,2-4,9-10H2,1H3. The van der Waals surface area contributed by atoms with Crippen molar-refractivity contribution in [3.63, 3.8) is 0 Å². The number of hydrogen-bond acceptors (Lipinski definition) is 2. The summed E-state index contributed by atoms with van der Waals surface area (Å²) in [6.45, 7) is 2.12. The van der Waals surface area contributed by atoms with E-state index in [1.54, 1.807) is 12.1 Å². The van der Waals surface area contributed by atoms with Crippen LogP contribution >= 0.6 is 0 Å². The SMILES string of the molecule is CC(CO)(CC1CCC1)Nc1ccc(F)cc1. The fourth-order valence-electron chi connectivity index (χ4n) is 2.37. The molecule has 1 aromatic rings. The van der Waals surface area contributed by atoms with Gasteiger partial charge in [0.15, 0.2) is 0 Å². The maximum Gasteiger partial charge on any atom is 0.123 e. The van der Waals surface area contributed by atoms with Crippen LogP contribution in [0.3, 0.4) is 0 Å². The lowest BCUT2D eigenvalue weighted by atomic mass is 9.76. The predicted molar refractivity (Wildman–Crippen MR) is 67.5 cm³/mol. The lowest BCUT2D eigenvalue weighted by molar-refractivity contribution is 0.168. The van der Waals surface area contributed by atoms with Crippen LogP contribution < -0.4 is 5.32 Å². The van der Waals surface area contributed by atoms with Gasteiger partial charge >= 0.3 is 0 Å². The van der Waals surface area contributed by atoms with Gasteiger partial charge in [-0.2, -0.15) is 0 Å². The number of benzene rings is 1. The lowest BCUT2D eigenvalue weighted by Gasteiger charge is -2.37. The first-order valence-electron chi connectivity index (χ1n) is 6.26. The first-order chi connectivity index (χ1) is 8.11. The monoisotopic (exact) mass is 237 g/mol. The Morgan fingerprint density at radius 2 is 2.00 bits per heavy atom. The van der Waals surface area contributed by atoms with Gasteiger partial charge in [-0.05, 0) is 43.5 Å². The number of hydrogen-bond donors (Lipinski definition) is 2. The number of aliphatic hydroxyl groups excluding tert-OH is 1. The van der Waals surface area contributed by atoms with Gasteiger partial charge in [0.25, 0.3) is 0 Å². The van der Waals surface area contributed by atoms with E-state index in [9.17, 15) is 9.50 Å². The second kappa shape index (κ2) is 5.05. The fourth-order valence-corrected chi connectivity index (χ4v) is 2.37. The average molecular weight is 237 g/mol. The minimum atomic E-state index is -0.303. The van der Waals surface area contributed by atoms with Gasteiger partial charge < -0.3 is 10.4 Å². The molecule has 2 N–H and O–H groups in total. The Bertz CT molecular complexity index is 361. The van der Waals surface area contributed by atoms with Crippen LogP contribution in [0.25, 0.3) is 0 Å². The van der Waals surface area contributed by atoms with Crippen LogP contribution in [0.4, 0.5) is 10.1 Å². The van der Waals surface area contributed by atoms with E-state index in [4.69, 9.17) is 0 Å². The topological polar surface area (TPSA) is 32.3 Å². The molecule has 2 rings (SSSR count). The summed E-state index contributed by atoms with van der Waals surface area (Å²) in [7, 11) is 0. The maximum atomic E-state index is 12.8. The summed E-state index contributed by atoms with van der Waals surface area (Å²) in [5, 5.41) is 12.8. The molecule has 17 heavy (non-hydrogen) atoms. The molecule has 1 fully saturated rings. The summed E-state index contributed by atoms with van der Waals surface area (Å²) < 4.78 is 12.8. The molecule has 1 aliphatic rings.